The minimum atomic E-state index is 0.422. The molecule has 0 radical (unpaired) electrons. The lowest BCUT2D eigenvalue weighted by atomic mass is 10.4. The number of ether oxygens (including phenoxy) is 1. The number of rotatable bonds is 6. The fourth-order valence-electron chi connectivity index (χ4n) is 1.55. The Kier molecular flexibility index (Phi) is 4.07. The quantitative estimate of drug-likeness (QED) is 0.625. The molecule has 94 valence electrons. The van der Waals surface area contributed by atoms with E-state index in [-0.39, 0.29) is 0 Å². The van der Waals surface area contributed by atoms with E-state index >= 15 is 0 Å². The van der Waals surface area contributed by atoms with Crippen LogP contribution < -0.4 is 10.6 Å². The number of halogens is 1. The molecule has 0 amide bonds. The number of anilines is 2. The normalized spacial score (nSPS) is 14.9. The van der Waals surface area contributed by atoms with Crippen molar-refractivity contribution in [1.82, 2.24) is 4.98 Å². The standard InChI is InChI=1S/C12H18ClN3O/c1-16(4-5-17-8-9-2-3-9)12-7-10(14)6-11(13)15-12/h6-7,9H,2-5,8H2,1H3,(H2,14,15). The topological polar surface area (TPSA) is 51.4 Å². The number of likely N-dealkylation sites (N-methyl/N-ethyl adjacent to an activating group) is 1. The van der Waals surface area contributed by atoms with Gasteiger partial charge >= 0.3 is 0 Å². The maximum atomic E-state index is 5.86. The third-order valence-electron chi connectivity index (χ3n) is 2.82. The van der Waals surface area contributed by atoms with Crippen LogP contribution in [0.2, 0.25) is 5.15 Å². The smallest absolute Gasteiger partial charge is 0.133 e. The Labute approximate surface area is 107 Å². The molecule has 0 unspecified atom stereocenters. The minimum Gasteiger partial charge on any atom is -0.399 e. The first-order valence-corrected chi connectivity index (χ1v) is 6.25. The van der Waals surface area contributed by atoms with Gasteiger partial charge in [0.1, 0.15) is 11.0 Å². The third-order valence-corrected chi connectivity index (χ3v) is 3.01. The molecule has 2 rings (SSSR count). The van der Waals surface area contributed by atoms with E-state index in [1.807, 2.05) is 18.0 Å². The van der Waals surface area contributed by atoms with Crippen LogP contribution in [0, 0.1) is 5.92 Å². The Morgan fingerprint density at radius 2 is 2.29 bits per heavy atom. The van der Waals surface area contributed by atoms with E-state index in [1.54, 1.807) is 6.07 Å². The van der Waals surface area contributed by atoms with Gasteiger partial charge in [-0.3, -0.25) is 0 Å². The highest BCUT2D eigenvalue weighted by atomic mass is 35.5. The van der Waals surface area contributed by atoms with Crippen LogP contribution in [-0.4, -0.2) is 31.8 Å². The van der Waals surface area contributed by atoms with Gasteiger partial charge in [0.15, 0.2) is 0 Å². The number of aromatic nitrogens is 1. The zero-order chi connectivity index (χ0) is 12.3. The molecule has 1 aliphatic carbocycles. The first kappa shape index (κ1) is 12.5. The van der Waals surface area contributed by atoms with E-state index in [2.05, 4.69) is 4.98 Å². The second-order valence-corrected chi connectivity index (χ2v) is 4.91. The third kappa shape index (κ3) is 4.06. The summed E-state index contributed by atoms with van der Waals surface area (Å²) in [7, 11) is 1.96. The van der Waals surface area contributed by atoms with Crippen molar-refractivity contribution in [2.45, 2.75) is 12.8 Å². The van der Waals surface area contributed by atoms with Gasteiger partial charge in [-0.15, -0.1) is 0 Å². The molecule has 4 nitrogen and oxygen atoms in total. The Morgan fingerprint density at radius 1 is 1.53 bits per heavy atom. The highest BCUT2D eigenvalue weighted by molar-refractivity contribution is 6.29. The van der Waals surface area contributed by atoms with E-state index in [9.17, 15) is 0 Å². The second-order valence-electron chi connectivity index (χ2n) is 4.52. The maximum absolute atomic E-state index is 5.86. The van der Waals surface area contributed by atoms with Crippen LogP contribution in [0.25, 0.3) is 0 Å². The molecule has 2 N–H and O–H groups in total. The summed E-state index contributed by atoms with van der Waals surface area (Å²) in [5.74, 6) is 1.59. The van der Waals surface area contributed by atoms with Crippen LogP contribution in [0.4, 0.5) is 11.5 Å². The number of nitrogens with two attached hydrogens (primary N) is 1. The molecule has 1 heterocycles. The fraction of sp³-hybridized carbons (Fsp3) is 0.583. The molecule has 0 aromatic carbocycles. The number of pyridine rings is 1. The number of nitrogen functional groups attached to an aromatic ring is 1. The highest BCUT2D eigenvalue weighted by Crippen LogP contribution is 2.28. The lowest BCUT2D eigenvalue weighted by Crippen LogP contribution is -2.24. The van der Waals surface area contributed by atoms with Gasteiger partial charge in [-0.2, -0.15) is 0 Å². The summed E-state index contributed by atoms with van der Waals surface area (Å²) in [6.45, 7) is 2.39. The van der Waals surface area contributed by atoms with Gasteiger partial charge in [0.05, 0.1) is 6.61 Å². The van der Waals surface area contributed by atoms with E-state index in [0.717, 1.165) is 24.9 Å². The molecule has 17 heavy (non-hydrogen) atoms. The summed E-state index contributed by atoms with van der Waals surface area (Å²) in [6.07, 6.45) is 2.64. The summed E-state index contributed by atoms with van der Waals surface area (Å²) >= 11 is 5.86. The molecule has 0 saturated heterocycles. The first-order chi connectivity index (χ1) is 8.15. The lowest BCUT2D eigenvalue weighted by Gasteiger charge is -2.18. The van der Waals surface area contributed by atoms with Crippen molar-refractivity contribution in [3.8, 4) is 0 Å². The molecule has 0 atom stereocenters. The minimum absolute atomic E-state index is 0.422. The van der Waals surface area contributed by atoms with Gasteiger partial charge in [0.25, 0.3) is 0 Å². The first-order valence-electron chi connectivity index (χ1n) is 5.87. The fourth-order valence-corrected chi connectivity index (χ4v) is 1.76. The molecular weight excluding hydrogens is 238 g/mol. The number of hydrogen-bond donors (Lipinski definition) is 1. The predicted octanol–water partition coefficient (Wildman–Crippen LogP) is 2.18. The van der Waals surface area contributed by atoms with Crippen molar-refractivity contribution in [1.29, 1.82) is 0 Å². The van der Waals surface area contributed by atoms with Gasteiger partial charge in [0, 0.05) is 32.0 Å². The number of hydrogen-bond acceptors (Lipinski definition) is 4. The van der Waals surface area contributed by atoms with Crippen LogP contribution in [0.15, 0.2) is 12.1 Å². The van der Waals surface area contributed by atoms with E-state index in [1.165, 1.54) is 12.8 Å². The average molecular weight is 256 g/mol. The molecule has 5 heteroatoms. The Balaban J connectivity index is 1.78. The summed E-state index contributed by atoms with van der Waals surface area (Å²) in [6, 6.07) is 3.45. The summed E-state index contributed by atoms with van der Waals surface area (Å²) < 4.78 is 5.58. The zero-order valence-corrected chi connectivity index (χ0v) is 10.8. The Hall–Kier alpha value is -1.00. The second kappa shape index (κ2) is 5.56. The van der Waals surface area contributed by atoms with Crippen LogP contribution in [0.1, 0.15) is 12.8 Å². The van der Waals surface area contributed by atoms with Crippen molar-refractivity contribution < 1.29 is 4.74 Å². The van der Waals surface area contributed by atoms with Gasteiger partial charge in [-0.1, -0.05) is 11.6 Å². The maximum Gasteiger partial charge on any atom is 0.133 e. The molecule has 0 spiro atoms. The van der Waals surface area contributed by atoms with Gasteiger partial charge in [-0.25, -0.2) is 4.98 Å². The Bertz CT molecular complexity index is 362. The van der Waals surface area contributed by atoms with Crippen molar-refractivity contribution in [2.24, 2.45) is 5.92 Å². The van der Waals surface area contributed by atoms with Gasteiger partial charge < -0.3 is 15.4 Å². The van der Waals surface area contributed by atoms with Crippen molar-refractivity contribution >= 4 is 23.1 Å². The summed E-state index contributed by atoms with van der Waals surface area (Å²) in [4.78, 5) is 6.21. The molecule has 1 aromatic heterocycles. The van der Waals surface area contributed by atoms with Crippen LogP contribution in [0.5, 0.6) is 0 Å². The molecule has 1 saturated carbocycles. The van der Waals surface area contributed by atoms with Crippen molar-refractivity contribution in [2.75, 3.05) is 37.4 Å². The van der Waals surface area contributed by atoms with Gasteiger partial charge in [-0.05, 0) is 24.8 Å². The van der Waals surface area contributed by atoms with Crippen LogP contribution in [0.3, 0.4) is 0 Å². The van der Waals surface area contributed by atoms with Crippen LogP contribution >= 0.6 is 11.6 Å². The SMILES string of the molecule is CN(CCOCC1CC1)c1cc(N)cc(Cl)n1. The van der Waals surface area contributed by atoms with Crippen molar-refractivity contribution in [3.63, 3.8) is 0 Å². The van der Waals surface area contributed by atoms with Gasteiger partial charge in [0.2, 0.25) is 0 Å². The van der Waals surface area contributed by atoms with E-state index in [4.69, 9.17) is 22.1 Å². The molecule has 1 aromatic rings. The molecule has 0 bridgehead atoms. The average Bonchev–Trinajstić information content (AvgIpc) is 3.06. The van der Waals surface area contributed by atoms with E-state index < -0.39 is 0 Å². The van der Waals surface area contributed by atoms with Crippen LogP contribution in [-0.2, 0) is 4.74 Å². The zero-order valence-electron chi connectivity index (χ0n) is 10.0. The molecular formula is C12H18ClN3O. The van der Waals surface area contributed by atoms with Crippen molar-refractivity contribution in [3.05, 3.63) is 17.3 Å². The monoisotopic (exact) mass is 255 g/mol. The summed E-state index contributed by atoms with van der Waals surface area (Å²) in [5.41, 5.74) is 6.35. The summed E-state index contributed by atoms with van der Waals surface area (Å²) in [5, 5.41) is 0.422. The predicted molar refractivity (Wildman–Crippen MR) is 70.5 cm³/mol. The number of nitrogens with zero attached hydrogens (tertiary/aromatic N) is 2. The highest BCUT2D eigenvalue weighted by Gasteiger charge is 2.21. The largest absolute Gasteiger partial charge is 0.399 e. The molecule has 0 aliphatic heterocycles. The lowest BCUT2D eigenvalue weighted by molar-refractivity contribution is 0.131. The molecule has 1 aliphatic rings. The Morgan fingerprint density at radius 3 is 2.94 bits per heavy atom. The molecule has 1 fully saturated rings. The van der Waals surface area contributed by atoms with E-state index in [0.29, 0.717) is 17.4 Å².